The highest BCUT2D eigenvalue weighted by Crippen LogP contribution is 2.32. The van der Waals surface area contributed by atoms with E-state index in [1.54, 1.807) is 24.3 Å². The minimum atomic E-state index is -0.630. The fraction of sp³-hybridized carbons (Fsp3) is 0.0588. The predicted molar refractivity (Wildman–Crippen MR) is 88.0 cm³/mol. The molecule has 0 aliphatic carbocycles. The maximum absolute atomic E-state index is 12.2. The van der Waals surface area contributed by atoms with Gasteiger partial charge in [-0.2, -0.15) is 0 Å². The van der Waals surface area contributed by atoms with Gasteiger partial charge in [-0.1, -0.05) is 18.2 Å². The minimum absolute atomic E-state index is 0.0577. The van der Waals surface area contributed by atoms with Gasteiger partial charge in [-0.15, -0.1) is 0 Å². The maximum Gasteiger partial charge on any atom is 0.234 e. The van der Waals surface area contributed by atoms with Crippen LogP contribution in [0.1, 0.15) is 15.9 Å². The van der Waals surface area contributed by atoms with Crippen LogP contribution in [0.4, 0.5) is 0 Å². The van der Waals surface area contributed by atoms with Gasteiger partial charge in [-0.3, -0.25) is 9.59 Å². The Bertz CT molecular complexity index is 873. The molecule has 0 saturated carbocycles. The van der Waals surface area contributed by atoms with E-state index in [4.69, 9.17) is 9.47 Å². The molecule has 1 aliphatic rings. The number of aromatic hydroxyl groups is 1. The van der Waals surface area contributed by atoms with E-state index in [1.807, 2.05) is 0 Å². The molecule has 2 aromatic carbocycles. The molecule has 23 heavy (non-hydrogen) atoms. The zero-order valence-corrected chi connectivity index (χ0v) is 13.4. The molecule has 0 atom stereocenters. The van der Waals surface area contributed by atoms with Crippen LogP contribution in [0, 0.1) is 0 Å². The number of hydrogen-bond acceptors (Lipinski definition) is 5. The number of carbonyl (C=O) groups is 1. The highest BCUT2D eigenvalue weighted by atomic mass is 79.9. The number of hydrogen-bond donors (Lipinski definition) is 1. The Morgan fingerprint density at radius 2 is 1.96 bits per heavy atom. The topological polar surface area (TPSA) is 72.8 Å². The first-order chi connectivity index (χ1) is 11.1. The average molecular weight is 375 g/mol. The first kappa shape index (κ1) is 15.3. The zero-order chi connectivity index (χ0) is 16.4. The monoisotopic (exact) mass is 374 g/mol. The number of allylic oxidation sites excluding steroid dienone is 1. The van der Waals surface area contributed by atoms with Crippen molar-refractivity contribution in [3.8, 4) is 17.2 Å². The molecule has 116 valence electrons. The number of fused-ring (bicyclic) bond motifs is 1. The standard InChI is InChI=1S/C17H11BrO5/c18-12-3-1-2-11(16(20)17(12)21)13(19)6-4-10-5-7-14-15(8-10)23-9-22-14/h1-8H,9H2,(H,20,21)/b6-4+. The van der Waals surface area contributed by atoms with Crippen molar-refractivity contribution in [2.45, 2.75) is 0 Å². The second-order valence-corrected chi connectivity index (χ2v) is 5.63. The number of carbonyl (C=O) groups excluding carboxylic acids is 1. The molecule has 5 nitrogen and oxygen atoms in total. The largest absolute Gasteiger partial charge is 0.504 e. The number of benzene rings is 1. The first-order valence-corrected chi connectivity index (χ1v) is 7.49. The molecule has 1 N–H and O–H groups in total. The van der Waals surface area contributed by atoms with Crippen LogP contribution < -0.4 is 14.9 Å². The summed E-state index contributed by atoms with van der Waals surface area (Å²) in [5.41, 5.74) is 0.0541. The summed E-state index contributed by atoms with van der Waals surface area (Å²) >= 11 is 3.04. The van der Waals surface area contributed by atoms with E-state index >= 15 is 0 Å². The number of ketones is 1. The molecule has 1 aliphatic heterocycles. The molecule has 0 bridgehead atoms. The molecular weight excluding hydrogens is 364 g/mol. The van der Waals surface area contributed by atoms with Crippen LogP contribution in [0.2, 0.25) is 0 Å². The van der Waals surface area contributed by atoms with Crippen molar-refractivity contribution in [2.24, 2.45) is 0 Å². The van der Waals surface area contributed by atoms with Gasteiger partial charge in [0.15, 0.2) is 23.0 Å². The Morgan fingerprint density at radius 1 is 1.17 bits per heavy atom. The first-order valence-electron chi connectivity index (χ1n) is 6.70. The van der Waals surface area contributed by atoms with Crippen LogP contribution in [-0.4, -0.2) is 17.7 Å². The van der Waals surface area contributed by atoms with E-state index < -0.39 is 17.0 Å². The molecule has 0 saturated heterocycles. The number of halogens is 1. The van der Waals surface area contributed by atoms with E-state index in [2.05, 4.69) is 15.9 Å². The van der Waals surface area contributed by atoms with E-state index in [0.717, 1.165) is 5.56 Å². The van der Waals surface area contributed by atoms with E-state index in [1.165, 1.54) is 24.3 Å². The molecule has 0 unspecified atom stereocenters. The summed E-state index contributed by atoms with van der Waals surface area (Å²) in [6.45, 7) is 0.178. The summed E-state index contributed by atoms with van der Waals surface area (Å²) in [4.78, 5) is 24.0. The molecule has 6 heteroatoms. The van der Waals surface area contributed by atoms with Gasteiger partial charge < -0.3 is 14.6 Å². The van der Waals surface area contributed by atoms with Gasteiger partial charge in [0.25, 0.3) is 0 Å². The summed E-state index contributed by atoms with van der Waals surface area (Å²) < 4.78 is 10.7. The predicted octanol–water partition coefficient (Wildman–Crippen LogP) is 3.14. The van der Waals surface area contributed by atoms with Crippen molar-refractivity contribution >= 4 is 27.8 Å². The second-order valence-electron chi connectivity index (χ2n) is 4.78. The highest BCUT2D eigenvalue weighted by Gasteiger charge is 2.14. The molecular formula is C17H11BrO5. The molecule has 3 rings (SSSR count). The smallest absolute Gasteiger partial charge is 0.234 e. The van der Waals surface area contributed by atoms with Gasteiger partial charge in [-0.05, 0) is 51.8 Å². The third kappa shape index (κ3) is 3.12. The number of ether oxygens (including phenoxy) is 2. The molecule has 2 aromatic rings. The van der Waals surface area contributed by atoms with Crippen molar-refractivity contribution in [3.05, 3.63) is 68.3 Å². The summed E-state index contributed by atoms with van der Waals surface area (Å²) in [7, 11) is 0. The normalized spacial score (nSPS) is 12.6. The summed E-state index contributed by atoms with van der Waals surface area (Å²) in [6, 6.07) is 9.66. The zero-order valence-electron chi connectivity index (χ0n) is 11.8. The van der Waals surface area contributed by atoms with E-state index in [0.29, 0.717) is 11.5 Å². The Morgan fingerprint density at radius 3 is 2.78 bits per heavy atom. The summed E-state index contributed by atoms with van der Waals surface area (Å²) in [5, 5.41) is 9.90. The van der Waals surface area contributed by atoms with Crippen molar-refractivity contribution in [1.29, 1.82) is 0 Å². The van der Waals surface area contributed by atoms with E-state index in [-0.39, 0.29) is 16.8 Å². The average Bonchev–Trinajstić information content (AvgIpc) is 2.98. The van der Waals surface area contributed by atoms with Crippen LogP contribution in [0.3, 0.4) is 0 Å². The van der Waals surface area contributed by atoms with Crippen molar-refractivity contribution in [3.63, 3.8) is 0 Å². The third-order valence-corrected chi connectivity index (χ3v) is 3.91. The number of rotatable bonds is 3. The molecule has 1 heterocycles. The Hall–Kier alpha value is -2.60. The fourth-order valence-corrected chi connectivity index (χ4v) is 2.44. The van der Waals surface area contributed by atoms with Gasteiger partial charge in [-0.25, -0.2) is 0 Å². The summed E-state index contributed by atoms with van der Waals surface area (Å²) in [5.74, 6) is 0.212. The quantitative estimate of drug-likeness (QED) is 0.659. The van der Waals surface area contributed by atoms with Crippen LogP contribution in [0.15, 0.2) is 51.7 Å². The lowest BCUT2D eigenvalue weighted by Crippen LogP contribution is -2.03. The lowest BCUT2D eigenvalue weighted by Gasteiger charge is -1.98. The lowest BCUT2D eigenvalue weighted by atomic mass is 10.1. The fourth-order valence-electron chi connectivity index (χ4n) is 2.10. The molecule has 0 aromatic heterocycles. The van der Waals surface area contributed by atoms with Crippen LogP contribution in [0.25, 0.3) is 6.08 Å². The van der Waals surface area contributed by atoms with Gasteiger partial charge in [0, 0.05) is 0 Å². The maximum atomic E-state index is 12.2. The van der Waals surface area contributed by atoms with Crippen LogP contribution in [0.5, 0.6) is 17.2 Å². The Kier molecular flexibility index (Phi) is 4.16. The molecule has 0 fully saturated rings. The van der Waals surface area contributed by atoms with Crippen LogP contribution in [-0.2, 0) is 0 Å². The molecule has 0 radical (unpaired) electrons. The third-order valence-electron chi connectivity index (χ3n) is 3.28. The highest BCUT2D eigenvalue weighted by molar-refractivity contribution is 9.10. The van der Waals surface area contributed by atoms with Gasteiger partial charge >= 0.3 is 0 Å². The van der Waals surface area contributed by atoms with Crippen molar-refractivity contribution in [2.75, 3.05) is 6.79 Å². The van der Waals surface area contributed by atoms with Crippen molar-refractivity contribution in [1.82, 2.24) is 0 Å². The Balaban J connectivity index is 1.89. The summed E-state index contributed by atoms with van der Waals surface area (Å²) in [6.07, 6.45) is 2.87. The lowest BCUT2D eigenvalue weighted by molar-refractivity contribution is 0.104. The van der Waals surface area contributed by atoms with Crippen molar-refractivity contribution < 1.29 is 19.4 Å². The van der Waals surface area contributed by atoms with Gasteiger partial charge in [0.1, 0.15) is 0 Å². The SMILES string of the molecule is O=C(/C=C/c1ccc2c(c1)OCO2)c1cccc(Br)c(=O)c1O. The van der Waals surface area contributed by atoms with E-state index in [9.17, 15) is 14.7 Å². The minimum Gasteiger partial charge on any atom is -0.504 e. The van der Waals surface area contributed by atoms with Gasteiger partial charge in [0.2, 0.25) is 12.2 Å². The van der Waals surface area contributed by atoms with Crippen LogP contribution >= 0.6 is 15.9 Å². The van der Waals surface area contributed by atoms with Gasteiger partial charge in [0.05, 0.1) is 10.0 Å². The Labute approximate surface area is 139 Å². The molecule has 0 spiro atoms. The molecule has 0 amide bonds. The second kappa shape index (κ2) is 6.26.